The van der Waals surface area contributed by atoms with E-state index in [4.69, 9.17) is 11.6 Å². The molecule has 7 rings (SSSR count). The molecule has 1 atom stereocenters. The van der Waals surface area contributed by atoms with Gasteiger partial charge in [0.05, 0.1) is 6.20 Å². The van der Waals surface area contributed by atoms with Gasteiger partial charge in [-0.2, -0.15) is 0 Å². The van der Waals surface area contributed by atoms with Gasteiger partial charge in [-0.1, -0.05) is 48.0 Å². The molecule has 7 nitrogen and oxygen atoms in total. The number of hydrogen-bond acceptors (Lipinski definition) is 4. The summed E-state index contributed by atoms with van der Waals surface area (Å²) in [6.45, 7) is 2.10. The molecule has 0 radical (unpaired) electrons. The molecule has 3 amide bonds. The van der Waals surface area contributed by atoms with Crippen molar-refractivity contribution >= 4 is 29.4 Å². The quantitative estimate of drug-likeness (QED) is 0.324. The van der Waals surface area contributed by atoms with Gasteiger partial charge in [-0.3, -0.25) is 19.9 Å². The number of imide groups is 1. The minimum absolute atomic E-state index is 0.254. The van der Waals surface area contributed by atoms with Crippen molar-refractivity contribution in [2.24, 2.45) is 7.05 Å². The van der Waals surface area contributed by atoms with Gasteiger partial charge in [0.15, 0.2) is 0 Å². The van der Waals surface area contributed by atoms with E-state index in [1.807, 2.05) is 11.6 Å². The molecule has 3 aliphatic rings. The molecule has 0 bridgehead atoms. The van der Waals surface area contributed by atoms with Crippen molar-refractivity contribution in [2.75, 3.05) is 11.4 Å². The predicted octanol–water partition coefficient (Wildman–Crippen LogP) is 5.92. The van der Waals surface area contributed by atoms with Crippen LogP contribution in [0.5, 0.6) is 0 Å². The monoisotopic (exact) mass is 569 g/mol. The second kappa shape index (κ2) is 10.1. The van der Waals surface area contributed by atoms with Crippen molar-refractivity contribution in [2.45, 2.75) is 44.8 Å². The molecule has 3 heterocycles. The Bertz CT molecular complexity index is 1700. The third-order valence-corrected chi connectivity index (χ3v) is 9.00. The number of aromatic nitrogens is 2. The Balaban J connectivity index is 1.08. The van der Waals surface area contributed by atoms with Crippen LogP contribution in [-0.2, 0) is 37.8 Å². The van der Waals surface area contributed by atoms with Gasteiger partial charge in [-0.15, -0.1) is 0 Å². The number of benzene rings is 3. The van der Waals surface area contributed by atoms with Crippen molar-refractivity contribution in [3.63, 3.8) is 0 Å². The van der Waals surface area contributed by atoms with Crippen molar-refractivity contribution in [3.05, 3.63) is 105 Å². The van der Waals surface area contributed by atoms with Gasteiger partial charge < -0.3 is 4.57 Å². The van der Waals surface area contributed by atoms with Crippen LogP contribution in [-0.4, -0.2) is 32.9 Å². The van der Waals surface area contributed by atoms with Crippen molar-refractivity contribution in [1.29, 1.82) is 0 Å². The molecule has 1 N–H and O–H groups in total. The lowest BCUT2D eigenvalue weighted by atomic mass is 10.0. The number of carbonyl (C=O) groups is 2. The Morgan fingerprint density at radius 2 is 1.88 bits per heavy atom. The Morgan fingerprint density at radius 1 is 1.02 bits per heavy atom. The van der Waals surface area contributed by atoms with Crippen LogP contribution in [0.1, 0.15) is 52.3 Å². The molecule has 208 valence electrons. The zero-order valence-corrected chi connectivity index (χ0v) is 23.4. The van der Waals surface area contributed by atoms with E-state index in [9.17, 15) is 14.0 Å². The molecular weight excluding hydrogens is 541 g/mol. The lowest BCUT2D eigenvalue weighted by Crippen LogP contribution is -2.50. The second-order valence-corrected chi connectivity index (χ2v) is 11.5. The van der Waals surface area contributed by atoms with Gasteiger partial charge in [-0.25, -0.2) is 14.2 Å². The number of halogens is 2. The van der Waals surface area contributed by atoms with E-state index in [0.717, 1.165) is 42.9 Å². The Labute approximate surface area is 242 Å². The summed E-state index contributed by atoms with van der Waals surface area (Å²) in [5.41, 5.74) is 7.91. The summed E-state index contributed by atoms with van der Waals surface area (Å²) in [6, 6.07) is 17.8. The van der Waals surface area contributed by atoms with Gasteiger partial charge in [0.25, 0.3) is 0 Å². The topological polar surface area (TPSA) is 70.5 Å². The standard InChI is InChI=1S/C32H29ClFN5O2/c1-37-30(39-12-11-29(40)36-32(39)41)16-35-31(37)21-7-9-24-20(15-21)8-10-28(24)38-17-22-6-5-19(13-23(22)18-38)14-25-26(33)3-2-4-27(25)34/h2-7,9,13,15-16,28H,8,10-12,14,17-18H2,1H3,(H,36,40,41)/t28-/m1/s1. The van der Waals surface area contributed by atoms with Crippen LogP contribution >= 0.6 is 11.6 Å². The lowest BCUT2D eigenvalue weighted by Gasteiger charge is -2.26. The van der Waals surface area contributed by atoms with Crippen LogP contribution in [0, 0.1) is 5.82 Å². The SMILES string of the molecule is Cn1c(N2CCC(=O)NC2=O)cnc1-c1ccc2c(c1)CC[C@H]2N1Cc2ccc(Cc3c(F)cccc3Cl)cc2C1. The number of imidazole rings is 1. The van der Waals surface area contributed by atoms with Crippen molar-refractivity contribution in [3.8, 4) is 11.4 Å². The number of fused-ring (bicyclic) bond motifs is 2. The number of anilines is 1. The maximum Gasteiger partial charge on any atom is 0.329 e. The molecule has 3 aromatic carbocycles. The highest BCUT2D eigenvalue weighted by Crippen LogP contribution is 2.42. The van der Waals surface area contributed by atoms with Crippen molar-refractivity contribution < 1.29 is 14.0 Å². The fourth-order valence-electron chi connectivity index (χ4n) is 6.53. The lowest BCUT2D eigenvalue weighted by molar-refractivity contribution is -0.120. The average molecular weight is 570 g/mol. The fourth-order valence-corrected chi connectivity index (χ4v) is 6.76. The number of aryl methyl sites for hydroxylation is 1. The van der Waals surface area contributed by atoms with Crippen LogP contribution in [0.25, 0.3) is 11.4 Å². The third kappa shape index (κ3) is 4.61. The minimum atomic E-state index is -0.414. The van der Waals surface area contributed by atoms with E-state index in [2.05, 4.69) is 51.6 Å². The van der Waals surface area contributed by atoms with Crippen LogP contribution in [0.4, 0.5) is 15.0 Å². The molecule has 0 spiro atoms. The molecule has 9 heteroatoms. The molecule has 0 unspecified atom stereocenters. The zero-order chi connectivity index (χ0) is 28.2. The van der Waals surface area contributed by atoms with Crippen molar-refractivity contribution in [1.82, 2.24) is 19.8 Å². The minimum Gasteiger partial charge on any atom is -0.314 e. The molecule has 41 heavy (non-hydrogen) atoms. The summed E-state index contributed by atoms with van der Waals surface area (Å²) in [4.78, 5) is 32.6. The van der Waals surface area contributed by atoms with Gasteiger partial charge >= 0.3 is 6.03 Å². The van der Waals surface area contributed by atoms with E-state index < -0.39 is 6.03 Å². The summed E-state index contributed by atoms with van der Waals surface area (Å²) in [6.07, 6.45) is 4.48. The second-order valence-electron chi connectivity index (χ2n) is 11.1. The van der Waals surface area contributed by atoms with Gasteiger partial charge in [0, 0.05) is 61.7 Å². The molecule has 1 fully saturated rings. The van der Waals surface area contributed by atoms with Gasteiger partial charge in [0.1, 0.15) is 17.5 Å². The molecule has 1 aliphatic carbocycles. The van der Waals surface area contributed by atoms with Gasteiger partial charge in [0.2, 0.25) is 5.91 Å². The first-order valence-corrected chi connectivity index (χ1v) is 14.3. The summed E-state index contributed by atoms with van der Waals surface area (Å²) in [7, 11) is 1.90. The Morgan fingerprint density at radius 3 is 2.71 bits per heavy atom. The number of hydrogen-bond donors (Lipinski definition) is 1. The van der Waals surface area contributed by atoms with Crippen LogP contribution in [0.15, 0.2) is 60.8 Å². The number of carbonyl (C=O) groups excluding carboxylic acids is 2. The first-order valence-electron chi connectivity index (χ1n) is 13.9. The molecule has 1 aromatic heterocycles. The maximum atomic E-state index is 14.4. The summed E-state index contributed by atoms with van der Waals surface area (Å²) in [5, 5.41) is 2.84. The van der Waals surface area contributed by atoms with E-state index >= 15 is 0 Å². The van der Waals surface area contributed by atoms with E-state index in [0.29, 0.717) is 35.4 Å². The third-order valence-electron chi connectivity index (χ3n) is 8.64. The summed E-state index contributed by atoms with van der Waals surface area (Å²) < 4.78 is 16.3. The number of rotatable bonds is 5. The summed E-state index contributed by atoms with van der Waals surface area (Å²) >= 11 is 6.28. The highest BCUT2D eigenvalue weighted by molar-refractivity contribution is 6.31. The van der Waals surface area contributed by atoms with Gasteiger partial charge in [-0.05, 0) is 58.9 Å². The Kier molecular flexibility index (Phi) is 6.40. The van der Waals surface area contributed by atoms with E-state index in [1.165, 1.54) is 28.3 Å². The van der Waals surface area contributed by atoms with E-state index in [1.54, 1.807) is 23.2 Å². The number of urea groups is 1. The largest absolute Gasteiger partial charge is 0.329 e. The highest BCUT2D eigenvalue weighted by Gasteiger charge is 2.33. The number of nitrogens with one attached hydrogen (secondary N) is 1. The number of nitrogens with zero attached hydrogens (tertiary/aromatic N) is 4. The van der Waals surface area contributed by atoms with Crippen LogP contribution in [0.2, 0.25) is 5.02 Å². The molecular formula is C32H29ClFN5O2. The fraction of sp³-hybridized carbons (Fsp3) is 0.281. The molecule has 0 saturated carbocycles. The average Bonchev–Trinajstić information content (AvgIpc) is 3.66. The first-order chi connectivity index (χ1) is 19.9. The van der Waals surface area contributed by atoms with E-state index in [-0.39, 0.29) is 18.1 Å². The first kappa shape index (κ1) is 25.9. The zero-order valence-electron chi connectivity index (χ0n) is 22.7. The molecule has 1 saturated heterocycles. The maximum absolute atomic E-state index is 14.4. The normalized spacial score (nSPS) is 18.5. The summed E-state index contributed by atoms with van der Waals surface area (Å²) in [5.74, 6) is 0.925. The Hall–Kier alpha value is -4.01. The molecule has 2 aliphatic heterocycles. The highest BCUT2D eigenvalue weighted by atomic mass is 35.5. The molecule has 4 aromatic rings. The van der Waals surface area contributed by atoms with Crippen LogP contribution in [0.3, 0.4) is 0 Å². The predicted molar refractivity (Wildman–Crippen MR) is 155 cm³/mol. The van der Waals surface area contributed by atoms with Crippen LogP contribution < -0.4 is 10.2 Å². The number of amides is 3. The smallest absolute Gasteiger partial charge is 0.314 e.